The minimum atomic E-state index is -0.800. The molecule has 0 radical (unpaired) electrons. The largest absolute Gasteiger partial charge is 0.507 e. The molecule has 1 fully saturated rings. The highest BCUT2D eigenvalue weighted by atomic mass is 16.5. The van der Waals surface area contributed by atoms with E-state index in [-0.39, 0.29) is 16.9 Å². The summed E-state index contributed by atoms with van der Waals surface area (Å²) in [4.78, 5) is 33.6. The fourth-order valence-electron chi connectivity index (χ4n) is 3.77. The highest BCUT2D eigenvalue weighted by molar-refractivity contribution is 6.46. The van der Waals surface area contributed by atoms with Crippen LogP contribution in [-0.2, 0) is 9.59 Å². The second kappa shape index (κ2) is 9.61. The van der Waals surface area contributed by atoms with E-state index >= 15 is 0 Å². The molecule has 1 aromatic heterocycles. The Morgan fingerprint density at radius 2 is 1.97 bits per heavy atom. The van der Waals surface area contributed by atoms with Crippen molar-refractivity contribution in [3.8, 4) is 11.5 Å². The Kier molecular flexibility index (Phi) is 6.91. The van der Waals surface area contributed by atoms with Crippen LogP contribution >= 0.6 is 0 Å². The van der Waals surface area contributed by atoms with Gasteiger partial charge in [0.05, 0.1) is 24.3 Å². The van der Waals surface area contributed by atoms with Gasteiger partial charge in [-0.3, -0.25) is 14.6 Å². The number of phenols is 1. The number of ether oxygens (including phenoxy) is 1. The first-order valence-corrected chi connectivity index (χ1v) is 10.2. The first-order chi connectivity index (χ1) is 14.9. The molecule has 8 nitrogen and oxygen atoms in total. The summed E-state index contributed by atoms with van der Waals surface area (Å²) in [7, 11) is 1.46. The Labute approximate surface area is 181 Å². The average Bonchev–Trinajstić information content (AvgIpc) is 3.04. The number of carbonyl (C=O) groups is 2. The van der Waals surface area contributed by atoms with Crippen LogP contribution in [0.1, 0.15) is 31.0 Å². The number of nitrogens with zero attached hydrogens (tertiary/aromatic N) is 3. The normalized spacial score (nSPS) is 18.1. The molecule has 2 aromatic rings. The summed E-state index contributed by atoms with van der Waals surface area (Å²) in [5.74, 6) is -1.76. The third kappa shape index (κ3) is 4.39. The van der Waals surface area contributed by atoms with Gasteiger partial charge in [0.15, 0.2) is 0 Å². The molecule has 3 rings (SSSR count). The van der Waals surface area contributed by atoms with Crippen molar-refractivity contribution in [3.05, 3.63) is 59.4 Å². The molecule has 1 atom stereocenters. The smallest absolute Gasteiger partial charge is 0.295 e. The Hall–Kier alpha value is -3.39. The number of aromatic nitrogens is 1. The molecule has 164 valence electrons. The number of likely N-dealkylation sites (tertiary alicyclic amines) is 1. The fraction of sp³-hybridized carbons (Fsp3) is 0.348. The van der Waals surface area contributed by atoms with Crippen LogP contribution in [-0.4, -0.2) is 70.0 Å². The zero-order valence-electron chi connectivity index (χ0n) is 17.9. The van der Waals surface area contributed by atoms with E-state index in [1.165, 1.54) is 24.1 Å². The average molecular weight is 425 g/mol. The number of carbonyl (C=O) groups excluding carboxylic acids is 2. The molecule has 1 aliphatic rings. The number of hydrogen-bond donors (Lipinski definition) is 2. The Morgan fingerprint density at radius 1 is 1.23 bits per heavy atom. The molecule has 1 amide bonds. The number of hydrogen-bond acceptors (Lipinski definition) is 7. The van der Waals surface area contributed by atoms with Crippen LogP contribution in [0.4, 0.5) is 0 Å². The van der Waals surface area contributed by atoms with E-state index < -0.39 is 23.5 Å². The van der Waals surface area contributed by atoms with E-state index in [2.05, 4.69) is 9.88 Å². The van der Waals surface area contributed by atoms with Crippen molar-refractivity contribution in [2.24, 2.45) is 0 Å². The van der Waals surface area contributed by atoms with Crippen LogP contribution in [0.2, 0.25) is 0 Å². The SMILES string of the molecule is CCN(CC)CCN1C(=O)C(=O)/C(=C(/O)c2ccc(OC)cc2O)C1c1cccnc1. The van der Waals surface area contributed by atoms with Crippen molar-refractivity contribution >= 4 is 17.4 Å². The van der Waals surface area contributed by atoms with Crippen molar-refractivity contribution in [3.63, 3.8) is 0 Å². The van der Waals surface area contributed by atoms with Crippen molar-refractivity contribution < 1.29 is 24.5 Å². The number of methoxy groups -OCH3 is 1. The number of aliphatic hydroxyl groups is 1. The topological polar surface area (TPSA) is 103 Å². The number of aromatic hydroxyl groups is 1. The molecule has 1 unspecified atom stereocenters. The zero-order chi connectivity index (χ0) is 22.5. The van der Waals surface area contributed by atoms with Crippen molar-refractivity contribution in [2.75, 3.05) is 33.3 Å². The summed E-state index contributed by atoms with van der Waals surface area (Å²) in [5, 5.41) is 21.4. The van der Waals surface area contributed by atoms with E-state index in [0.717, 1.165) is 13.1 Å². The highest BCUT2D eigenvalue weighted by Gasteiger charge is 2.46. The second-order valence-corrected chi connectivity index (χ2v) is 7.19. The second-order valence-electron chi connectivity index (χ2n) is 7.19. The van der Waals surface area contributed by atoms with Gasteiger partial charge in [-0.2, -0.15) is 0 Å². The van der Waals surface area contributed by atoms with Crippen LogP contribution in [0.3, 0.4) is 0 Å². The number of benzene rings is 1. The minimum absolute atomic E-state index is 0.0523. The summed E-state index contributed by atoms with van der Waals surface area (Å²) in [6, 6.07) is 7.02. The van der Waals surface area contributed by atoms with Gasteiger partial charge in [-0.15, -0.1) is 0 Å². The number of amides is 1. The molecule has 1 aliphatic heterocycles. The van der Waals surface area contributed by atoms with E-state index in [4.69, 9.17) is 4.74 Å². The molecule has 1 aromatic carbocycles. The first kappa shape index (κ1) is 22.3. The van der Waals surface area contributed by atoms with Crippen molar-refractivity contribution in [2.45, 2.75) is 19.9 Å². The number of aliphatic hydroxyl groups excluding tert-OH is 1. The molecule has 31 heavy (non-hydrogen) atoms. The lowest BCUT2D eigenvalue weighted by Gasteiger charge is -2.28. The Bertz CT molecular complexity index is 986. The maximum atomic E-state index is 13.0. The molecular weight excluding hydrogens is 398 g/mol. The predicted molar refractivity (Wildman–Crippen MR) is 116 cm³/mol. The number of pyridine rings is 1. The number of likely N-dealkylation sites (N-methyl/N-ethyl adjacent to an activating group) is 1. The quantitative estimate of drug-likeness (QED) is 0.381. The lowest BCUT2D eigenvalue weighted by molar-refractivity contribution is -0.140. The third-order valence-corrected chi connectivity index (χ3v) is 5.55. The van der Waals surface area contributed by atoms with Crippen molar-refractivity contribution in [1.29, 1.82) is 0 Å². The van der Waals surface area contributed by atoms with Crippen LogP contribution in [0, 0.1) is 0 Å². The lowest BCUT2D eigenvalue weighted by atomic mass is 9.96. The van der Waals surface area contributed by atoms with Gasteiger partial charge in [-0.05, 0) is 36.9 Å². The number of Topliss-reactive ketones (excluding diaryl/α,β-unsaturated/α-hetero) is 1. The summed E-state index contributed by atoms with van der Waals surface area (Å²) < 4.78 is 5.08. The van der Waals surface area contributed by atoms with Crippen molar-refractivity contribution in [1.82, 2.24) is 14.8 Å². The molecular formula is C23H27N3O5. The van der Waals surface area contributed by atoms with Gasteiger partial charge in [0, 0.05) is 31.5 Å². The minimum Gasteiger partial charge on any atom is -0.507 e. The summed E-state index contributed by atoms with van der Waals surface area (Å²) >= 11 is 0. The monoisotopic (exact) mass is 425 g/mol. The number of rotatable bonds is 8. The van der Waals surface area contributed by atoms with Gasteiger partial charge in [0.1, 0.15) is 17.3 Å². The highest BCUT2D eigenvalue weighted by Crippen LogP contribution is 2.40. The summed E-state index contributed by atoms with van der Waals surface area (Å²) in [6.45, 7) is 6.60. The maximum absolute atomic E-state index is 13.0. The molecule has 8 heteroatoms. The first-order valence-electron chi connectivity index (χ1n) is 10.2. The van der Waals surface area contributed by atoms with Gasteiger partial charge in [-0.25, -0.2) is 0 Å². The fourth-order valence-corrected chi connectivity index (χ4v) is 3.77. The van der Waals surface area contributed by atoms with Gasteiger partial charge in [0.25, 0.3) is 11.7 Å². The standard InChI is InChI=1S/C23H27N3O5/c1-4-25(5-2)11-12-26-20(15-7-6-10-24-14-15)19(22(29)23(26)30)21(28)17-9-8-16(31-3)13-18(17)27/h6-10,13-14,20,27-28H,4-5,11-12H2,1-3H3/b21-19+. The van der Waals surface area contributed by atoms with Gasteiger partial charge in [-0.1, -0.05) is 19.9 Å². The maximum Gasteiger partial charge on any atom is 0.295 e. The van der Waals surface area contributed by atoms with E-state index in [0.29, 0.717) is 24.4 Å². The molecule has 0 saturated carbocycles. The van der Waals surface area contributed by atoms with Crippen LogP contribution in [0.5, 0.6) is 11.5 Å². The Balaban J connectivity index is 2.10. The third-order valence-electron chi connectivity index (χ3n) is 5.55. The summed E-state index contributed by atoms with van der Waals surface area (Å²) in [6.07, 6.45) is 3.17. The molecule has 0 bridgehead atoms. The van der Waals surface area contributed by atoms with Crippen LogP contribution in [0.15, 0.2) is 48.3 Å². The predicted octanol–water partition coefficient (Wildman–Crippen LogP) is 2.56. The molecule has 0 aliphatic carbocycles. The Morgan fingerprint density at radius 3 is 2.55 bits per heavy atom. The molecule has 2 heterocycles. The molecule has 0 spiro atoms. The number of phenolic OH excluding ortho intramolecular Hbond substituents is 1. The zero-order valence-corrected chi connectivity index (χ0v) is 17.9. The summed E-state index contributed by atoms with van der Waals surface area (Å²) in [5.41, 5.74) is 0.588. The van der Waals surface area contributed by atoms with Gasteiger partial charge >= 0.3 is 0 Å². The van der Waals surface area contributed by atoms with E-state index in [9.17, 15) is 19.8 Å². The molecule has 2 N–H and O–H groups in total. The lowest BCUT2D eigenvalue weighted by Crippen LogP contribution is -2.38. The van der Waals surface area contributed by atoms with E-state index in [1.54, 1.807) is 30.6 Å². The van der Waals surface area contributed by atoms with Gasteiger partial charge < -0.3 is 24.7 Å². The molecule has 1 saturated heterocycles. The van der Waals surface area contributed by atoms with Crippen LogP contribution < -0.4 is 4.74 Å². The van der Waals surface area contributed by atoms with E-state index in [1.807, 2.05) is 13.8 Å². The van der Waals surface area contributed by atoms with Crippen LogP contribution in [0.25, 0.3) is 5.76 Å². The van der Waals surface area contributed by atoms with Gasteiger partial charge in [0.2, 0.25) is 0 Å². The number of ketones is 1.